The van der Waals surface area contributed by atoms with Crippen LogP contribution >= 0.6 is 11.3 Å². The lowest BCUT2D eigenvalue weighted by Crippen LogP contribution is -2.37. The molecule has 36 heavy (non-hydrogen) atoms. The number of hydrazine groups is 1. The average molecular weight is 523 g/mol. The van der Waals surface area contributed by atoms with Crippen molar-refractivity contribution < 1.29 is 17.9 Å². The number of alkyl halides is 3. The maximum absolute atomic E-state index is 13.8. The van der Waals surface area contributed by atoms with E-state index in [1.54, 1.807) is 19.2 Å². The summed E-state index contributed by atoms with van der Waals surface area (Å²) in [5.74, 6) is 6.54. The number of anilines is 2. The second kappa shape index (κ2) is 11.4. The minimum absolute atomic E-state index is 0.0144. The highest BCUT2D eigenvalue weighted by Gasteiger charge is 2.39. The fourth-order valence-electron chi connectivity index (χ4n) is 4.03. The monoisotopic (exact) mass is 522 g/mol. The molecule has 2 aromatic heterocycles. The zero-order valence-corrected chi connectivity index (χ0v) is 20.8. The maximum Gasteiger partial charge on any atom is 0.434 e. The summed E-state index contributed by atoms with van der Waals surface area (Å²) in [4.78, 5) is 18.7. The Kier molecular flexibility index (Phi) is 8.21. The molecule has 0 spiro atoms. The van der Waals surface area contributed by atoms with E-state index >= 15 is 0 Å². The first kappa shape index (κ1) is 26.0. The van der Waals surface area contributed by atoms with Crippen molar-refractivity contribution in [3.63, 3.8) is 0 Å². The second-order valence-corrected chi connectivity index (χ2v) is 9.47. The Labute approximate surface area is 211 Å². The zero-order valence-electron chi connectivity index (χ0n) is 20.0. The summed E-state index contributed by atoms with van der Waals surface area (Å²) in [6.45, 7) is 8.17. The van der Waals surface area contributed by atoms with Gasteiger partial charge < -0.3 is 15.0 Å². The number of ether oxygens (including phenoxy) is 1. The third kappa shape index (κ3) is 6.20. The minimum Gasteiger partial charge on any atom is -0.378 e. The summed E-state index contributed by atoms with van der Waals surface area (Å²) in [5, 5.41) is 4.51. The van der Waals surface area contributed by atoms with Gasteiger partial charge in [0.2, 0.25) is 5.95 Å². The van der Waals surface area contributed by atoms with Crippen LogP contribution in [0.15, 0.2) is 41.8 Å². The highest BCUT2D eigenvalue weighted by Crippen LogP contribution is 2.42. The fraction of sp³-hybridized carbons (Fsp3) is 0.478. The number of allylic oxidation sites excluding steroid dienone is 1. The van der Waals surface area contributed by atoms with Crippen molar-refractivity contribution in [3.8, 4) is 10.6 Å². The Morgan fingerprint density at radius 2 is 2.03 bits per heavy atom. The number of thiazole rings is 1. The second-order valence-electron chi connectivity index (χ2n) is 8.47. The third-order valence-corrected chi connectivity index (χ3v) is 7.00. The molecule has 3 heterocycles. The van der Waals surface area contributed by atoms with Crippen LogP contribution in [0.25, 0.3) is 10.6 Å². The molecule has 0 aromatic carbocycles. The maximum atomic E-state index is 13.8. The molecule has 1 aliphatic carbocycles. The summed E-state index contributed by atoms with van der Waals surface area (Å²) in [6, 6.07) is 1.55. The molecule has 0 atom stereocenters. The van der Waals surface area contributed by atoms with Crippen LogP contribution in [0.4, 0.5) is 24.3 Å². The van der Waals surface area contributed by atoms with Crippen LogP contribution in [0.5, 0.6) is 0 Å². The van der Waals surface area contributed by atoms with Crippen LogP contribution in [-0.2, 0) is 10.9 Å². The zero-order chi connectivity index (χ0) is 25.7. The van der Waals surface area contributed by atoms with Gasteiger partial charge in [0.05, 0.1) is 35.7 Å². The average Bonchev–Trinajstić information content (AvgIpc) is 3.55. The predicted octanol–water partition coefficient (Wildman–Crippen LogP) is 4.43. The number of aliphatic imine (C=N–C) groups is 1. The van der Waals surface area contributed by atoms with E-state index in [1.807, 2.05) is 0 Å². The lowest BCUT2D eigenvalue weighted by Gasteiger charge is -2.29. The third-order valence-electron chi connectivity index (χ3n) is 5.99. The van der Waals surface area contributed by atoms with E-state index in [4.69, 9.17) is 10.6 Å². The number of morpholine rings is 1. The quantitative estimate of drug-likeness (QED) is 0.181. The van der Waals surface area contributed by atoms with E-state index in [-0.39, 0.29) is 27.7 Å². The summed E-state index contributed by atoms with van der Waals surface area (Å²) in [6.07, 6.45) is 4.01. The number of hydrogen-bond acceptors (Lipinski definition) is 9. The highest BCUT2D eigenvalue weighted by molar-refractivity contribution is 7.19. The molecular weight excluding hydrogens is 493 g/mol. The molecule has 0 amide bonds. The van der Waals surface area contributed by atoms with Gasteiger partial charge in [-0.05, 0) is 31.9 Å². The number of halogens is 3. The van der Waals surface area contributed by atoms with Gasteiger partial charge in [0, 0.05) is 25.3 Å². The fourth-order valence-corrected chi connectivity index (χ4v) is 5.07. The van der Waals surface area contributed by atoms with Gasteiger partial charge in [0.25, 0.3) is 0 Å². The van der Waals surface area contributed by atoms with E-state index < -0.39 is 11.9 Å². The number of rotatable bonds is 7. The number of nitrogens with two attached hydrogens (primary N) is 1. The van der Waals surface area contributed by atoms with Crippen molar-refractivity contribution in [2.45, 2.75) is 44.8 Å². The van der Waals surface area contributed by atoms with E-state index in [9.17, 15) is 13.2 Å². The van der Waals surface area contributed by atoms with Gasteiger partial charge in [-0.25, -0.2) is 30.8 Å². The van der Waals surface area contributed by atoms with Crippen molar-refractivity contribution in [2.75, 3.05) is 36.6 Å². The van der Waals surface area contributed by atoms with Gasteiger partial charge in [0.1, 0.15) is 5.84 Å². The Hall–Kier alpha value is -3.03. The first-order chi connectivity index (χ1) is 17.3. The standard InChI is InChI=1S/C23H29F3N8OS/c1-3-17(33-10-12-35-13-11-33)14-29-15(2)34(27)21-28-9-8-18(31-21)19-20(23(24,25)26)32-22(36-19)30-16-6-4-5-7-16/h3,8-9,14,16H,1,4-7,10-13,27H2,2H3,(H,30,32)/b17-14+,29-15?. The van der Waals surface area contributed by atoms with Gasteiger partial charge >= 0.3 is 6.18 Å². The van der Waals surface area contributed by atoms with Crippen LogP contribution in [0, 0.1) is 0 Å². The van der Waals surface area contributed by atoms with Gasteiger partial charge in [0.15, 0.2) is 10.8 Å². The molecule has 1 aliphatic heterocycles. The summed E-state index contributed by atoms with van der Waals surface area (Å²) in [7, 11) is 0. The van der Waals surface area contributed by atoms with Crippen molar-refractivity contribution in [2.24, 2.45) is 10.8 Å². The topological polar surface area (TPSA) is 105 Å². The summed E-state index contributed by atoms with van der Waals surface area (Å²) >= 11 is 0.930. The molecule has 0 radical (unpaired) electrons. The van der Waals surface area contributed by atoms with Crippen LogP contribution in [0.1, 0.15) is 38.3 Å². The molecule has 13 heteroatoms. The Morgan fingerprint density at radius 3 is 2.69 bits per heavy atom. The first-order valence-electron chi connectivity index (χ1n) is 11.7. The molecular formula is C23H29F3N8OS. The molecule has 2 aliphatic rings. The molecule has 194 valence electrons. The van der Waals surface area contributed by atoms with Gasteiger partial charge in [-0.1, -0.05) is 30.8 Å². The first-order valence-corrected chi connectivity index (χ1v) is 12.5. The molecule has 4 rings (SSSR count). The van der Waals surface area contributed by atoms with Crippen molar-refractivity contribution in [3.05, 3.63) is 42.5 Å². The smallest absolute Gasteiger partial charge is 0.378 e. The van der Waals surface area contributed by atoms with E-state index in [2.05, 4.69) is 36.7 Å². The van der Waals surface area contributed by atoms with Crippen molar-refractivity contribution in [1.82, 2.24) is 19.9 Å². The van der Waals surface area contributed by atoms with E-state index in [0.29, 0.717) is 19.0 Å². The number of hydrogen-bond donors (Lipinski definition) is 2. The lowest BCUT2D eigenvalue weighted by atomic mass is 10.2. The normalized spacial score (nSPS) is 18.0. The molecule has 0 unspecified atom stereocenters. The van der Waals surface area contributed by atoms with Gasteiger partial charge in [-0.2, -0.15) is 13.2 Å². The molecule has 1 saturated heterocycles. The molecule has 2 aromatic rings. The number of nitrogens with one attached hydrogen (secondary N) is 1. The van der Waals surface area contributed by atoms with E-state index in [1.165, 1.54) is 12.3 Å². The summed E-state index contributed by atoms with van der Waals surface area (Å²) < 4.78 is 46.8. The van der Waals surface area contributed by atoms with Gasteiger partial charge in [-0.15, -0.1) is 0 Å². The minimum atomic E-state index is -4.63. The van der Waals surface area contributed by atoms with Crippen molar-refractivity contribution in [1.29, 1.82) is 0 Å². The largest absolute Gasteiger partial charge is 0.434 e. The highest BCUT2D eigenvalue weighted by atomic mass is 32.1. The molecule has 2 fully saturated rings. The Balaban J connectivity index is 1.58. The van der Waals surface area contributed by atoms with Gasteiger partial charge in [-0.3, -0.25) is 0 Å². The molecule has 9 nitrogen and oxygen atoms in total. The molecule has 1 saturated carbocycles. The molecule has 3 N–H and O–H groups in total. The van der Waals surface area contributed by atoms with Crippen LogP contribution in [0.3, 0.4) is 0 Å². The Morgan fingerprint density at radius 1 is 1.31 bits per heavy atom. The van der Waals surface area contributed by atoms with Crippen molar-refractivity contribution >= 4 is 28.3 Å². The molecule has 0 bridgehead atoms. The van der Waals surface area contributed by atoms with Crippen LogP contribution in [-0.4, -0.2) is 58.0 Å². The lowest BCUT2D eigenvalue weighted by molar-refractivity contribution is -0.140. The van der Waals surface area contributed by atoms with E-state index in [0.717, 1.165) is 60.8 Å². The number of nitrogens with zero attached hydrogens (tertiary/aromatic N) is 6. The Bertz CT molecular complexity index is 1120. The number of amidine groups is 1. The predicted molar refractivity (Wildman–Crippen MR) is 134 cm³/mol. The van der Waals surface area contributed by atoms with Crippen LogP contribution < -0.4 is 16.2 Å². The number of aromatic nitrogens is 3. The SMILES string of the molecule is C=C/C(=C\N=C(C)N(N)c1nccc(-c2sc(NC3CCCC3)nc2C(F)(F)F)n1)N1CCOCC1. The summed E-state index contributed by atoms with van der Waals surface area (Å²) in [5.41, 5.74) is -0.0821. The van der Waals surface area contributed by atoms with Crippen LogP contribution in [0.2, 0.25) is 0 Å².